The Balaban J connectivity index is 1.88. The summed E-state index contributed by atoms with van der Waals surface area (Å²) in [6.45, 7) is 2.02. The van der Waals surface area contributed by atoms with Gasteiger partial charge in [0.2, 0.25) is 5.88 Å². The van der Waals surface area contributed by atoms with Gasteiger partial charge in [0.05, 0.1) is 0 Å². The maximum atomic E-state index is 5.84. The van der Waals surface area contributed by atoms with Crippen LogP contribution in [-0.4, -0.2) is 15.2 Å². The fraction of sp³-hybridized carbons (Fsp3) is 0.0625. The number of aromatic nitrogens is 3. The molecule has 0 unspecified atom stereocenters. The minimum atomic E-state index is 0.392. The summed E-state index contributed by atoms with van der Waals surface area (Å²) in [7, 11) is 0. The van der Waals surface area contributed by atoms with Crippen molar-refractivity contribution in [3.63, 3.8) is 0 Å². The first-order valence-corrected chi connectivity index (χ1v) is 6.79. The third-order valence-corrected chi connectivity index (χ3v) is 3.10. The van der Waals surface area contributed by atoms with Crippen molar-refractivity contribution in [1.29, 1.82) is 0 Å². The minimum Gasteiger partial charge on any atom is -0.437 e. The first-order chi connectivity index (χ1) is 10.2. The number of benzene rings is 2. The van der Waals surface area contributed by atoms with Gasteiger partial charge < -0.3 is 4.74 Å². The molecule has 0 aliphatic heterocycles. The van der Waals surface area contributed by atoms with Crippen LogP contribution in [0.3, 0.4) is 0 Å². The summed E-state index contributed by atoms with van der Waals surface area (Å²) >= 11 is 5.84. The SMILES string of the molecule is Cc1cccc(-c2nncc(Oc3ccc(Cl)cc3)n2)c1. The predicted molar refractivity (Wildman–Crippen MR) is 81.5 cm³/mol. The van der Waals surface area contributed by atoms with E-state index in [0.717, 1.165) is 11.1 Å². The van der Waals surface area contributed by atoms with E-state index >= 15 is 0 Å². The van der Waals surface area contributed by atoms with E-state index in [0.29, 0.717) is 22.5 Å². The summed E-state index contributed by atoms with van der Waals surface area (Å²) in [5.41, 5.74) is 2.05. The number of halogens is 1. The predicted octanol–water partition coefficient (Wildman–Crippen LogP) is 4.29. The first-order valence-electron chi connectivity index (χ1n) is 6.41. The van der Waals surface area contributed by atoms with Crippen LogP contribution < -0.4 is 4.74 Å². The van der Waals surface area contributed by atoms with Gasteiger partial charge in [0.15, 0.2) is 5.82 Å². The van der Waals surface area contributed by atoms with Crippen molar-refractivity contribution in [3.05, 3.63) is 65.3 Å². The van der Waals surface area contributed by atoms with E-state index in [4.69, 9.17) is 16.3 Å². The Labute approximate surface area is 127 Å². The van der Waals surface area contributed by atoms with Crippen molar-refractivity contribution < 1.29 is 4.74 Å². The minimum absolute atomic E-state index is 0.392. The Kier molecular flexibility index (Phi) is 3.79. The topological polar surface area (TPSA) is 47.9 Å². The van der Waals surface area contributed by atoms with Crippen LogP contribution in [0.15, 0.2) is 54.7 Å². The Morgan fingerprint density at radius 2 is 1.86 bits per heavy atom. The highest BCUT2D eigenvalue weighted by atomic mass is 35.5. The molecule has 4 nitrogen and oxygen atoms in total. The molecule has 0 amide bonds. The van der Waals surface area contributed by atoms with Crippen molar-refractivity contribution in [2.24, 2.45) is 0 Å². The molecule has 2 aromatic carbocycles. The van der Waals surface area contributed by atoms with E-state index in [2.05, 4.69) is 15.2 Å². The molecule has 0 fully saturated rings. The molecule has 0 radical (unpaired) electrons. The second-order valence-electron chi connectivity index (χ2n) is 4.54. The molecule has 0 saturated heterocycles. The molecule has 3 aromatic rings. The molecule has 3 rings (SSSR count). The van der Waals surface area contributed by atoms with E-state index in [9.17, 15) is 0 Å². The third-order valence-electron chi connectivity index (χ3n) is 2.85. The molecule has 1 aromatic heterocycles. The Morgan fingerprint density at radius 3 is 2.62 bits per heavy atom. The number of nitrogens with zero attached hydrogens (tertiary/aromatic N) is 3. The summed E-state index contributed by atoms with van der Waals surface area (Å²) < 4.78 is 5.65. The van der Waals surface area contributed by atoms with Crippen LogP contribution in [0.4, 0.5) is 0 Å². The molecule has 5 heteroatoms. The van der Waals surface area contributed by atoms with Crippen molar-refractivity contribution >= 4 is 11.6 Å². The summed E-state index contributed by atoms with van der Waals surface area (Å²) in [6, 6.07) is 15.0. The number of ether oxygens (including phenoxy) is 1. The van der Waals surface area contributed by atoms with Gasteiger partial charge in [0, 0.05) is 10.6 Å². The average Bonchev–Trinajstić information content (AvgIpc) is 2.50. The normalized spacial score (nSPS) is 10.4. The molecule has 0 bridgehead atoms. The van der Waals surface area contributed by atoms with Crippen LogP contribution in [0.1, 0.15) is 5.56 Å². The quantitative estimate of drug-likeness (QED) is 0.723. The smallest absolute Gasteiger partial charge is 0.241 e. The average molecular weight is 298 g/mol. The molecular formula is C16H12ClN3O. The van der Waals surface area contributed by atoms with Gasteiger partial charge in [-0.3, -0.25) is 0 Å². The zero-order valence-electron chi connectivity index (χ0n) is 11.3. The molecule has 104 valence electrons. The number of aryl methyl sites for hydroxylation is 1. The van der Waals surface area contributed by atoms with Gasteiger partial charge in [0.1, 0.15) is 11.9 Å². The van der Waals surface area contributed by atoms with Crippen molar-refractivity contribution in [2.45, 2.75) is 6.92 Å². The summed E-state index contributed by atoms with van der Waals surface area (Å²) in [5, 5.41) is 8.64. The van der Waals surface area contributed by atoms with Gasteiger partial charge in [-0.2, -0.15) is 10.1 Å². The Hall–Kier alpha value is -2.46. The lowest BCUT2D eigenvalue weighted by Gasteiger charge is -2.06. The van der Waals surface area contributed by atoms with Gasteiger partial charge in [0.25, 0.3) is 0 Å². The molecule has 0 saturated carbocycles. The van der Waals surface area contributed by atoms with Crippen LogP contribution in [0.5, 0.6) is 11.6 Å². The van der Waals surface area contributed by atoms with Gasteiger partial charge in [-0.1, -0.05) is 35.4 Å². The van der Waals surface area contributed by atoms with Crippen molar-refractivity contribution in [2.75, 3.05) is 0 Å². The van der Waals surface area contributed by atoms with Gasteiger partial charge >= 0.3 is 0 Å². The molecule has 0 atom stereocenters. The number of rotatable bonds is 3. The van der Waals surface area contributed by atoms with Crippen LogP contribution in [0.25, 0.3) is 11.4 Å². The first kappa shape index (κ1) is 13.5. The van der Waals surface area contributed by atoms with E-state index in [1.165, 1.54) is 6.20 Å². The highest BCUT2D eigenvalue weighted by Gasteiger charge is 2.06. The summed E-state index contributed by atoms with van der Waals surface area (Å²) in [5.74, 6) is 1.57. The van der Waals surface area contributed by atoms with Crippen LogP contribution >= 0.6 is 11.6 Å². The molecular weight excluding hydrogens is 286 g/mol. The second-order valence-corrected chi connectivity index (χ2v) is 4.98. The fourth-order valence-corrected chi connectivity index (χ4v) is 1.99. The summed E-state index contributed by atoms with van der Waals surface area (Å²) in [6.07, 6.45) is 1.48. The number of hydrogen-bond donors (Lipinski definition) is 0. The molecule has 0 N–H and O–H groups in total. The van der Waals surface area contributed by atoms with Crippen LogP contribution in [0.2, 0.25) is 5.02 Å². The third kappa shape index (κ3) is 3.35. The maximum absolute atomic E-state index is 5.84. The van der Waals surface area contributed by atoms with Gasteiger partial charge in [-0.25, -0.2) is 0 Å². The van der Waals surface area contributed by atoms with Gasteiger partial charge in [-0.15, -0.1) is 5.10 Å². The number of hydrogen-bond acceptors (Lipinski definition) is 4. The lowest BCUT2D eigenvalue weighted by Crippen LogP contribution is -1.96. The molecule has 0 spiro atoms. The van der Waals surface area contributed by atoms with E-state index in [1.54, 1.807) is 24.3 Å². The fourth-order valence-electron chi connectivity index (χ4n) is 1.87. The standard InChI is InChI=1S/C16H12ClN3O/c1-11-3-2-4-12(9-11)16-19-15(10-18-20-16)21-14-7-5-13(17)6-8-14/h2-10H,1H3. The van der Waals surface area contributed by atoms with Crippen LogP contribution in [-0.2, 0) is 0 Å². The lowest BCUT2D eigenvalue weighted by molar-refractivity contribution is 0.458. The Morgan fingerprint density at radius 1 is 1.05 bits per heavy atom. The summed E-state index contributed by atoms with van der Waals surface area (Å²) in [4.78, 5) is 4.37. The van der Waals surface area contributed by atoms with Crippen LogP contribution in [0, 0.1) is 6.92 Å². The monoisotopic (exact) mass is 297 g/mol. The van der Waals surface area contributed by atoms with E-state index in [-0.39, 0.29) is 0 Å². The molecule has 1 heterocycles. The zero-order valence-corrected chi connectivity index (χ0v) is 12.1. The van der Waals surface area contributed by atoms with Crippen molar-refractivity contribution in [3.8, 4) is 23.0 Å². The highest BCUT2D eigenvalue weighted by Crippen LogP contribution is 2.23. The molecule has 0 aliphatic rings. The highest BCUT2D eigenvalue weighted by molar-refractivity contribution is 6.30. The maximum Gasteiger partial charge on any atom is 0.241 e. The van der Waals surface area contributed by atoms with Crippen molar-refractivity contribution in [1.82, 2.24) is 15.2 Å². The molecule has 21 heavy (non-hydrogen) atoms. The largest absolute Gasteiger partial charge is 0.437 e. The van der Waals surface area contributed by atoms with E-state index < -0.39 is 0 Å². The lowest BCUT2D eigenvalue weighted by atomic mass is 10.1. The Bertz CT molecular complexity index is 759. The van der Waals surface area contributed by atoms with E-state index in [1.807, 2.05) is 31.2 Å². The van der Waals surface area contributed by atoms with Gasteiger partial charge in [-0.05, 0) is 37.3 Å². The zero-order chi connectivity index (χ0) is 14.7. The molecule has 0 aliphatic carbocycles. The second kappa shape index (κ2) is 5.89.